The summed E-state index contributed by atoms with van der Waals surface area (Å²) in [6.07, 6.45) is 0.165. The highest BCUT2D eigenvalue weighted by atomic mass is 19.1. The van der Waals surface area contributed by atoms with Gasteiger partial charge in [-0.05, 0) is 34.9 Å². The number of rotatable bonds is 3. The van der Waals surface area contributed by atoms with Crippen LogP contribution in [0.1, 0.15) is 5.56 Å². The van der Waals surface area contributed by atoms with Gasteiger partial charge in [-0.3, -0.25) is 4.57 Å². The molecule has 0 radical (unpaired) electrons. The Morgan fingerprint density at radius 3 is 2.70 bits per heavy atom. The highest BCUT2D eigenvalue weighted by Crippen LogP contribution is 2.25. The normalized spacial score (nSPS) is 12.3. The van der Waals surface area contributed by atoms with Crippen molar-refractivity contribution in [2.75, 3.05) is 0 Å². The summed E-state index contributed by atoms with van der Waals surface area (Å²) in [7, 11) is 1.62. The van der Waals surface area contributed by atoms with Gasteiger partial charge in [-0.25, -0.2) is 9.18 Å². The smallest absolute Gasteiger partial charge is 0.408 e. The zero-order chi connectivity index (χ0) is 16.6. The molecule has 0 saturated heterocycles. The minimum atomic E-state index is -0.729. The molecular formula is C17H14FN3O2. The second kappa shape index (κ2) is 5.71. The number of nitrogens with two attached hydrogens (primary N) is 1. The van der Waals surface area contributed by atoms with E-state index in [1.807, 2.05) is 6.07 Å². The van der Waals surface area contributed by atoms with Crippen molar-refractivity contribution in [3.63, 3.8) is 0 Å². The lowest BCUT2D eigenvalue weighted by molar-refractivity contribution is 0.528. The molecule has 0 saturated carbocycles. The molecule has 0 aliphatic carbocycles. The molecule has 3 rings (SSSR count). The molecule has 116 valence electrons. The van der Waals surface area contributed by atoms with E-state index in [2.05, 4.69) is 0 Å². The summed E-state index contributed by atoms with van der Waals surface area (Å²) in [5.74, 6) is -0.849. The Labute approximate surface area is 131 Å². The highest BCUT2D eigenvalue weighted by molar-refractivity contribution is 5.80. The van der Waals surface area contributed by atoms with Crippen LogP contribution in [0.4, 0.5) is 4.39 Å². The number of halogens is 1. The molecule has 0 spiro atoms. The van der Waals surface area contributed by atoms with E-state index in [0.29, 0.717) is 22.2 Å². The molecular weight excluding hydrogens is 297 g/mol. The Hall–Kier alpha value is -2.91. The van der Waals surface area contributed by atoms with Crippen molar-refractivity contribution < 1.29 is 8.81 Å². The number of hydrogen-bond donors (Lipinski definition) is 1. The molecule has 0 aliphatic heterocycles. The first-order chi connectivity index (χ1) is 11.0. The number of nitrogens with zero attached hydrogens (tertiary/aromatic N) is 2. The molecule has 6 heteroatoms. The third-order valence-electron chi connectivity index (χ3n) is 3.78. The van der Waals surface area contributed by atoms with Gasteiger partial charge in [0.15, 0.2) is 5.58 Å². The van der Waals surface area contributed by atoms with Crippen LogP contribution in [0.2, 0.25) is 0 Å². The molecule has 1 heterocycles. The number of nitriles is 1. The van der Waals surface area contributed by atoms with Crippen molar-refractivity contribution >= 4 is 11.1 Å². The van der Waals surface area contributed by atoms with Crippen LogP contribution in [-0.2, 0) is 13.5 Å². The Morgan fingerprint density at radius 2 is 2.00 bits per heavy atom. The van der Waals surface area contributed by atoms with E-state index in [1.54, 1.807) is 37.4 Å². The van der Waals surface area contributed by atoms with Crippen LogP contribution in [0.3, 0.4) is 0 Å². The first-order valence-corrected chi connectivity index (χ1v) is 7.03. The summed E-state index contributed by atoms with van der Waals surface area (Å²) in [6.45, 7) is 0. The van der Waals surface area contributed by atoms with Crippen molar-refractivity contribution in [1.29, 1.82) is 5.26 Å². The fraction of sp³-hybridized carbons (Fsp3) is 0.176. The summed E-state index contributed by atoms with van der Waals surface area (Å²) >= 11 is 0. The van der Waals surface area contributed by atoms with Crippen LogP contribution in [0.5, 0.6) is 0 Å². The average Bonchev–Trinajstić information content (AvgIpc) is 2.83. The molecule has 5 nitrogen and oxygen atoms in total. The van der Waals surface area contributed by atoms with Crippen LogP contribution in [0.25, 0.3) is 22.2 Å². The van der Waals surface area contributed by atoms with Crippen molar-refractivity contribution in [2.24, 2.45) is 12.8 Å². The standard InChI is InChI=1S/C17H14FN3O2/c1-21-15-8-11(4-5-16(15)23-17(21)22)10-2-3-12(14(18)7-10)6-13(20)9-19/h2-5,7-8,13H,6,20H2,1H3/t13-/m0/s1. The van der Waals surface area contributed by atoms with E-state index in [9.17, 15) is 9.18 Å². The van der Waals surface area contributed by atoms with E-state index in [-0.39, 0.29) is 6.42 Å². The summed E-state index contributed by atoms with van der Waals surface area (Å²) < 4.78 is 20.7. The maximum Gasteiger partial charge on any atom is 0.419 e. The van der Waals surface area contributed by atoms with Gasteiger partial charge < -0.3 is 10.2 Å². The Morgan fingerprint density at radius 1 is 1.30 bits per heavy atom. The molecule has 3 aromatic rings. The number of aryl methyl sites for hydroxylation is 1. The predicted octanol–water partition coefficient (Wildman–Crippen LogP) is 2.33. The molecule has 2 aromatic carbocycles. The number of benzene rings is 2. The lowest BCUT2D eigenvalue weighted by Crippen LogP contribution is -2.20. The van der Waals surface area contributed by atoms with Crippen LogP contribution < -0.4 is 11.5 Å². The topological polar surface area (TPSA) is 84.9 Å². The van der Waals surface area contributed by atoms with Crippen LogP contribution >= 0.6 is 0 Å². The maximum absolute atomic E-state index is 14.2. The van der Waals surface area contributed by atoms with Crippen LogP contribution in [-0.4, -0.2) is 10.6 Å². The quantitative estimate of drug-likeness (QED) is 0.804. The first kappa shape index (κ1) is 15.0. The van der Waals surface area contributed by atoms with Gasteiger partial charge in [0.05, 0.1) is 17.6 Å². The van der Waals surface area contributed by atoms with E-state index < -0.39 is 17.6 Å². The van der Waals surface area contributed by atoms with Gasteiger partial charge in [-0.2, -0.15) is 5.26 Å². The van der Waals surface area contributed by atoms with Crippen LogP contribution in [0.15, 0.2) is 45.6 Å². The molecule has 2 N–H and O–H groups in total. The third kappa shape index (κ3) is 2.74. The number of aromatic nitrogens is 1. The average molecular weight is 311 g/mol. The second-order valence-corrected chi connectivity index (χ2v) is 5.36. The van der Waals surface area contributed by atoms with Gasteiger partial charge in [0.2, 0.25) is 0 Å². The largest absolute Gasteiger partial charge is 0.419 e. The zero-order valence-corrected chi connectivity index (χ0v) is 12.4. The van der Waals surface area contributed by atoms with E-state index in [0.717, 1.165) is 5.56 Å². The van der Waals surface area contributed by atoms with Gasteiger partial charge in [0, 0.05) is 13.5 Å². The Kier molecular flexibility index (Phi) is 3.72. The molecule has 0 fully saturated rings. The predicted molar refractivity (Wildman–Crippen MR) is 84.1 cm³/mol. The fourth-order valence-corrected chi connectivity index (χ4v) is 2.48. The SMILES string of the molecule is Cn1c(=O)oc2ccc(-c3ccc(C[C@H](N)C#N)c(F)c3)cc21. The molecule has 1 aromatic heterocycles. The lowest BCUT2D eigenvalue weighted by Gasteiger charge is -2.08. The van der Waals surface area contributed by atoms with E-state index in [4.69, 9.17) is 15.4 Å². The summed E-state index contributed by atoms with van der Waals surface area (Å²) in [4.78, 5) is 11.5. The second-order valence-electron chi connectivity index (χ2n) is 5.36. The molecule has 0 amide bonds. The van der Waals surface area contributed by atoms with Crippen molar-refractivity contribution in [1.82, 2.24) is 4.57 Å². The lowest BCUT2D eigenvalue weighted by atomic mass is 10.00. The van der Waals surface area contributed by atoms with E-state index in [1.165, 1.54) is 10.6 Å². The molecule has 0 aliphatic rings. The Balaban J connectivity index is 2.02. The molecule has 1 atom stereocenters. The van der Waals surface area contributed by atoms with Gasteiger partial charge in [-0.1, -0.05) is 18.2 Å². The van der Waals surface area contributed by atoms with Gasteiger partial charge in [0.1, 0.15) is 5.82 Å². The number of hydrogen-bond acceptors (Lipinski definition) is 4. The van der Waals surface area contributed by atoms with Gasteiger partial charge in [-0.15, -0.1) is 0 Å². The fourth-order valence-electron chi connectivity index (χ4n) is 2.48. The minimum Gasteiger partial charge on any atom is -0.408 e. The molecule has 23 heavy (non-hydrogen) atoms. The minimum absolute atomic E-state index is 0.165. The summed E-state index contributed by atoms with van der Waals surface area (Å²) in [6, 6.07) is 11.2. The molecule has 0 unspecified atom stereocenters. The van der Waals surface area contributed by atoms with Gasteiger partial charge >= 0.3 is 5.76 Å². The van der Waals surface area contributed by atoms with E-state index >= 15 is 0 Å². The summed E-state index contributed by atoms with van der Waals surface area (Å²) in [5.41, 5.74) is 8.50. The zero-order valence-electron chi connectivity index (χ0n) is 12.4. The monoisotopic (exact) mass is 311 g/mol. The third-order valence-corrected chi connectivity index (χ3v) is 3.78. The molecule has 0 bridgehead atoms. The van der Waals surface area contributed by atoms with Crippen molar-refractivity contribution in [3.05, 3.63) is 58.3 Å². The highest BCUT2D eigenvalue weighted by Gasteiger charge is 2.11. The van der Waals surface area contributed by atoms with Crippen molar-refractivity contribution in [3.8, 4) is 17.2 Å². The van der Waals surface area contributed by atoms with Gasteiger partial charge in [0.25, 0.3) is 0 Å². The van der Waals surface area contributed by atoms with Crippen LogP contribution in [0, 0.1) is 17.1 Å². The first-order valence-electron chi connectivity index (χ1n) is 7.03. The number of fused-ring (bicyclic) bond motifs is 1. The van der Waals surface area contributed by atoms with Crippen molar-refractivity contribution in [2.45, 2.75) is 12.5 Å². The Bertz CT molecular complexity index is 982. The maximum atomic E-state index is 14.2. The summed E-state index contributed by atoms with van der Waals surface area (Å²) in [5, 5.41) is 8.71. The number of oxazole rings is 1.